The zero-order valence-corrected chi connectivity index (χ0v) is 18.1. The molecule has 0 aromatic heterocycles. The molecule has 0 saturated carbocycles. The number of sulfone groups is 1. The zero-order chi connectivity index (χ0) is 21.3. The lowest BCUT2D eigenvalue weighted by Gasteiger charge is -2.11. The second-order valence-electron chi connectivity index (χ2n) is 5.80. The smallest absolute Gasteiger partial charge is 0.206 e. The standard InChI is InChI=1S/C20H22N4O2S3/c1-3-13-21-19(27)23-15-5-9-17(10-6-15)29(25,26)18-11-7-16(8-12-18)24-20(28)22-14-4-2/h3-12H,1-2,13-14H2,(H2,21,23,27)(H2,22,24,28). The van der Waals surface area contributed by atoms with Gasteiger partial charge in [0.15, 0.2) is 10.2 Å². The van der Waals surface area contributed by atoms with Gasteiger partial charge in [0, 0.05) is 24.5 Å². The molecule has 152 valence electrons. The SMILES string of the molecule is C=CCNC(=S)Nc1ccc(S(=O)(=O)c2ccc(NC(=S)NCC=C)cc2)cc1. The van der Waals surface area contributed by atoms with Crippen molar-refractivity contribution in [3.05, 3.63) is 73.8 Å². The average Bonchev–Trinajstić information content (AvgIpc) is 2.71. The van der Waals surface area contributed by atoms with Gasteiger partial charge in [-0.2, -0.15) is 0 Å². The van der Waals surface area contributed by atoms with Crippen molar-refractivity contribution in [3.63, 3.8) is 0 Å². The molecule has 0 spiro atoms. The van der Waals surface area contributed by atoms with Crippen LogP contribution in [0.1, 0.15) is 0 Å². The lowest BCUT2D eigenvalue weighted by Crippen LogP contribution is -2.28. The average molecular weight is 447 g/mol. The second kappa shape index (κ2) is 10.7. The fourth-order valence-corrected chi connectivity index (χ4v) is 3.91. The molecular weight excluding hydrogens is 424 g/mol. The monoisotopic (exact) mass is 446 g/mol. The van der Waals surface area contributed by atoms with Crippen LogP contribution in [0.25, 0.3) is 0 Å². The molecule has 0 amide bonds. The van der Waals surface area contributed by atoms with Crippen LogP contribution in [0.15, 0.2) is 83.6 Å². The first-order valence-electron chi connectivity index (χ1n) is 8.63. The Bertz CT molecular complexity index is 910. The van der Waals surface area contributed by atoms with Crippen molar-refractivity contribution in [1.29, 1.82) is 0 Å². The van der Waals surface area contributed by atoms with Crippen LogP contribution in [0.4, 0.5) is 11.4 Å². The van der Waals surface area contributed by atoms with Crippen LogP contribution >= 0.6 is 24.4 Å². The largest absolute Gasteiger partial charge is 0.359 e. The number of benzene rings is 2. The van der Waals surface area contributed by atoms with Gasteiger partial charge in [0.1, 0.15) is 0 Å². The number of hydrogen-bond acceptors (Lipinski definition) is 4. The maximum absolute atomic E-state index is 12.8. The molecule has 2 aromatic carbocycles. The van der Waals surface area contributed by atoms with Gasteiger partial charge >= 0.3 is 0 Å². The third-order valence-corrected chi connectivity index (χ3v) is 5.94. The topological polar surface area (TPSA) is 82.3 Å². The van der Waals surface area contributed by atoms with Gasteiger partial charge in [-0.15, -0.1) is 13.2 Å². The minimum absolute atomic E-state index is 0.192. The van der Waals surface area contributed by atoms with Crippen LogP contribution in [-0.2, 0) is 9.84 Å². The van der Waals surface area contributed by atoms with E-state index in [4.69, 9.17) is 24.4 Å². The first kappa shape index (κ1) is 22.5. The highest BCUT2D eigenvalue weighted by molar-refractivity contribution is 7.91. The first-order valence-corrected chi connectivity index (χ1v) is 10.9. The summed E-state index contributed by atoms with van der Waals surface area (Å²) < 4.78 is 25.7. The van der Waals surface area contributed by atoms with Gasteiger partial charge in [0.25, 0.3) is 0 Å². The molecule has 0 radical (unpaired) electrons. The molecule has 9 heteroatoms. The van der Waals surface area contributed by atoms with Crippen molar-refractivity contribution in [3.8, 4) is 0 Å². The Morgan fingerprint density at radius 1 is 0.759 bits per heavy atom. The highest BCUT2D eigenvalue weighted by Gasteiger charge is 2.17. The van der Waals surface area contributed by atoms with Crippen molar-refractivity contribution in [2.75, 3.05) is 23.7 Å². The van der Waals surface area contributed by atoms with E-state index in [0.29, 0.717) is 34.7 Å². The number of nitrogens with one attached hydrogen (secondary N) is 4. The highest BCUT2D eigenvalue weighted by Crippen LogP contribution is 2.23. The molecule has 0 aliphatic heterocycles. The number of thiocarbonyl (C=S) groups is 2. The quantitative estimate of drug-likeness (QED) is 0.363. The summed E-state index contributed by atoms with van der Waals surface area (Å²) >= 11 is 10.3. The van der Waals surface area contributed by atoms with E-state index < -0.39 is 9.84 Å². The summed E-state index contributed by atoms with van der Waals surface area (Å²) in [4.78, 5) is 0.383. The summed E-state index contributed by atoms with van der Waals surface area (Å²) in [6, 6.07) is 12.8. The van der Waals surface area contributed by atoms with Gasteiger partial charge in [0.05, 0.1) is 9.79 Å². The summed E-state index contributed by atoms with van der Waals surface area (Å²) in [6.45, 7) is 8.29. The molecule has 2 aromatic rings. The third-order valence-electron chi connectivity index (χ3n) is 3.66. The van der Waals surface area contributed by atoms with Crippen LogP contribution in [0.5, 0.6) is 0 Å². The van der Waals surface area contributed by atoms with E-state index in [2.05, 4.69) is 34.4 Å². The fraction of sp³-hybridized carbons (Fsp3) is 0.100. The lowest BCUT2D eigenvalue weighted by atomic mass is 10.3. The highest BCUT2D eigenvalue weighted by atomic mass is 32.2. The molecule has 0 atom stereocenters. The number of anilines is 2. The van der Waals surface area contributed by atoms with Gasteiger partial charge in [-0.05, 0) is 73.0 Å². The van der Waals surface area contributed by atoms with Gasteiger partial charge < -0.3 is 21.3 Å². The summed E-state index contributed by atoms with van der Waals surface area (Å²) in [5, 5.41) is 12.7. The first-order chi connectivity index (χ1) is 13.9. The van der Waals surface area contributed by atoms with Crippen molar-refractivity contribution in [2.24, 2.45) is 0 Å². The summed E-state index contributed by atoms with van der Waals surface area (Å²) in [5.41, 5.74) is 1.37. The van der Waals surface area contributed by atoms with Crippen LogP contribution < -0.4 is 21.3 Å². The molecule has 0 fully saturated rings. The van der Waals surface area contributed by atoms with E-state index in [-0.39, 0.29) is 9.79 Å². The van der Waals surface area contributed by atoms with Gasteiger partial charge in [-0.25, -0.2) is 8.42 Å². The van der Waals surface area contributed by atoms with Gasteiger partial charge in [0.2, 0.25) is 9.84 Å². The minimum Gasteiger partial charge on any atom is -0.359 e. The van der Waals surface area contributed by atoms with E-state index in [1.54, 1.807) is 36.4 Å². The molecule has 0 saturated heterocycles. The van der Waals surface area contributed by atoms with Gasteiger partial charge in [-0.1, -0.05) is 12.2 Å². The second-order valence-corrected chi connectivity index (χ2v) is 8.57. The van der Waals surface area contributed by atoms with E-state index in [9.17, 15) is 8.42 Å². The van der Waals surface area contributed by atoms with Crippen LogP contribution in [-0.4, -0.2) is 31.7 Å². The Morgan fingerprint density at radius 2 is 1.10 bits per heavy atom. The van der Waals surface area contributed by atoms with Crippen molar-refractivity contribution >= 4 is 55.9 Å². The number of hydrogen-bond donors (Lipinski definition) is 4. The molecule has 0 bridgehead atoms. The van der Waals surface area contributed by atoms with Crippen molar-refractivity contribution in [2.45, 2.75) is 9.79 Å². The number of rotatable bonds is 8. The van der Waals surface area contributed by atoms with E-state index in [1.807, 2.05) is 0 Å². The minimum atomic E-state index is -3.64. The maximum Gasteiger partial charge on any atom is 0.206 e. The predicted molar refractivity (Wildman–Crippen MR) is 127 cm³/mol. The van der Waals surface area contributed by atoms with Crippen molar-refractivity contribution < 1.29 is 8.42 Å². The third kappa shape index (κ3) is 6.67. The Kier molecular flexibility index (Phi) is 8.32. The molecule has 0 unspecified atom stereocenters. The summed E-state index contributed by atoms with van der Waals surface area (Å²) in [5.74, 6) is 0. The molecule has 6 nitrogen and oxygen atoms in total. The Balaban J connectivity index is 2.08. The lowest BCUT2D eigenvalue weighted by molar-refractivity contribution is 0.596. The predicted octanol–water partition coefficient (Wildman–Crippen LogP) is 3.46. The summed E-state index contributed by atoms with van der Waals surface area (Å²) in [6.07, 6.45) is 3.38. The van der Waals surface area contributed by atoms with Crippen LogP contribution in [0.3, 0.4) is 0 Å². The molecule has 0 aliphatic rings. The zero-order valence-electron chi connectivity index (χ0n) is 15.6. The molecule has 0 aliphatic carbocycles. The summed E-state index contributed by atoms with van der Waals surface area (Å²) in [7, 11) is -3.64. The van der Waals surface area contributed by atoms with E-state index >= 15 is 0 Å². The fourth-order valence-electron chi connectivity index (χ4n) is 2.25. The molecular formula is C20H22N4O2S3. The Labute approximate surface area is 182 Å². The van der Waals surface area contributed by atoms with E-state index in [0.717, 1.165) is 0 Å². The maximum atomic E-state index is 12.8. The van der Waals surface area contributed by atoms with Crippen LogP contribution in [0.2, 0.25) is 0 Å². The van der Waals surface area contributed by atoms with Gasteiger partial charge in [-0.3, -0.25) is 0 Å². The van der Waals surface area contributed by atoms with Crippen molar-refractivity contribution in [1.82, 2.24) is 10.6 Å². The van der Waals surface area contributed by atoms with Crippen LogP contribution in [0, 0.1) is 0 Å². The molecule has 2 rings (SSSR count). The normalized spacial score (nSPS) is 10.5. The Morgan fingerprint density at radius 3 is 1.41 bits per heavy atom. The van der Waals surface area contributed by atoms with E-state index in [1.165, 1.54) is 24.3 Å². The molecule has 4 N–H and O–H groups in total. The molecule has 0 heterocycles. The molecule has 29 heavy (non-hydrogen) atoms. The Hall–Kier alpha value is -2.75.